The Labute approximate surface area is 59.3 Å². The van der Waals surface area contributed by atoms with Crippen molar-refractivity contribution in [3.63, 3.8) is 0 Å². The van der Waals surface area contributed by atoms with E-state index in [-0.39, 0.29) is 13.2 Å². The molecule has 2 atom stereocenters. The van der Waals surface area contributed by atoms with Crippen molar-refractivity contribution in [1.82, 2.24) is 0 Å². The summed E-state index contributed by atoms with van der Waals surface area (Å²) in [5.74, 6) is 0. The molecule has 0 aromatic heterocycles. The van der Waals surface area contributed by atoms with Gasteiger partial charge in [-0.15, -0.1) is 0 Å². The van der Waals surface area contributed by atoms with Crippen LogP contribution >= 0.6 is 7.60 Å². The SMILES string of the molecule is CP(=O)(O)OC[C@@H](O)CN. The molecule has 10 heavy (non-hydrogen) atoms. The van der Waals surface area contributed by atoms with Crippen molar-refractivity contribution < 1.29 is 19.1 Å². The van der Waals surface area contributed by atoms with Crippen molar-refractivity contribution in [3.05, 3.63) is 0 Å². The van der Waals surface area contributed by atoms with E-state index in [0.717, 1.165) is 6.66 Å². The van der Waals surface area contributed by atoms with Crippen LogP contribution in [0.5, 0.6) is 0 Å². The minimum atomic E-state index is -3.45. The Kier molecular flexibility index (Phi) is 4.08. The van der Waals surface area contributed by atoms with Gasteiger partial charge >= 0.3 is 7.60 Å². The van der Waals surface area contributed by atoms with Gasteiger partial charge in [0.2, 0.25) is 0 Å². The van der Waals surface area contributed by atoms with Gasteiger partial charge in [0.05, 0.1) is 12.7 Å². The molecule has 4 N–H and O–H groups in total. The maximum Gasteiger partial charge on any atom is 0.325 e. The highest BCUT2D eigenvalue weighted by Gasteiger charge is 2.12. The van der Waals surface area contributed by atoms with Crippen LogP contribution in [0.15, 0.2) is 0 Å². The average molecular weight is 169 g/mol. The molecular formula is C4H12NO4P. The van der Waals surface area contributed by atoms with Crippen LogP contribution in [0.1, 0.15) is 0 Å². The average Bonchev–Trinajstić information content (AvgIpc) is 1.81. The van der Waals surface area contributed by atoms with Crippen LogP contribution in [0, 0.1) is 0 Å². The molecule has 0 aliphatic carbocycles. The molecule has 0 aromatic rings. The molecule has 0 saturated heterocycles. The molecule has 0 spiro atoms. The summed E-state index contributed by atoms with van der Waals surface area (Å²) >= 11 is 0. The summed E-state index contributed by atoms with van der Waals surface area (Å²) in [6.07, 6.45) is -0.861. The first-order valence-corrected chi connectivity index (χ1v) is 4.81. The molecule has 0 saturated carbocycles. The van der Waals surface area contributed by atoms with Crippen LogP contribution in [-0.4, -0.2) is 35.9 Å². The quantitative estimate of drug-likeness (QED) is 0.476. The second kappa shape index (κ2) is 4.05. The Hall–Kier alpha value is 0.0700. The van der Waals surface area contributed by atoms with E-state index in [1.807, 2.05) is 0 Å². The van der Waals surface area contributed by atoms with Crippen LogP contribution in [0.2, 0.25) is 0 Å². The van der Waals surface area contributed by atoms with Gasteiger partial charge in [-0.3, -0.25) is 4.57 Å². The van der Waals surface area contributed by atoms with Crippen molar-refractivity contribution in [2.75, 3.05) is 19.8 Å². The van der Waals surface area contributed by atoms with E-state index in [9.17, 15) is 4.57 Å². The van der Waals surface area contributed by atoms with Crippen molar-refractivity contribution in [3.8, 4) is 0 Å². The van der Waals surface area contributed by atoms with E-state index in [2.05, 4.69) is 4.52 Å². The molecule has 0 aliphatic rings. The highest BCUT2D eigenvalue weighted by molar-refractivity contribution is 7.51. The lowest BCUT2D eigenvalue weighted by atomic mass is 10.4. The maximum absolute atomic E-state index is 10.4. The lowest BCUT2D eigenvalue weighted by Crippen LogP contribution is -2.24. The zero-order valence-corrected chi connectivity index (χ0v) is 6.62. The second-order valence-electron chi connectivity index (χ2n) is 1.99. The van der Waals surface area contributed by atoms with Crippen LogP contribution in [0.4, 0.5) is 0 Å². The molecule has 0 aliphatic heterocycles. The molecule has 0 bridgehead atoms. The normalized spacial score (nSPS) is 20.0. The molecule has 0 heterocycles. The first-order valence-electron chi connectivity index (χ1n) is 2.78. The van der Waals surface area contributed by atoms with Gasteiger partial charge in [-0.25, -0.2) is 0 Å². The Balaban J connectivity index is 3.46. The van der Waals surface area contributed by atoms with Gasteiger partial charge in [0.25, 0.3) is 0 Å². The predicted molar refractivity (Wildman–Crippen MR) is 36.8 cm³/mol. The highest BCUT2D eigenvalue weighted by Crippen LogP contribution is 2.36. The molecule has 6 heteroatoms. The number of aliphatic hydroxyl groups excluding tert-OH is 1. The van der Waals surface area contributed by atoms with Crippen molar-refractivity contribution in [2.45, 2.75) is 6.10 Å². The Morgan fingerprint density at radius 1 is 1.80 bits per heavy atom. The van der Waals surface area contributed by atoms with E-state index < -0.39 is 13.7 Å². The number of hydrogen-bond acceptors (Lipinski definition) is 4. The zero-order chi connectivity index (χ0) is 8.20. The van der Waals surface area contributed by atoms with Gasteiger partial charge in [0.1, 0.15) is 0 Å². The monoisotopic (exact) mass is 169 g/mol. The topological polar surface area (TPSA) is 92.8 Å². The van der Waals surface area contributed by atoms with E-state index in [0.29, 0.717) is 0 Å². The van der Waals surface area contributed by atoms with Gasteiger partial charge in [0.15, 0.2) is 0 Å². The third kappa shape index (κ3) is 6.19. The smallest absolute Gasteiger partial charge is 0.325 e. The lowest BCUT2D eigenvalue weighted by Gasteiger charge is -2.09. The van der Waals surface area contributed by atoms with Crippen LogP contribution in [0.25, 0.3) is 0 Å². The summed E-state index contributed by atoms with van der Waals surface area (Å²) in [4.78, 5) is 8.54. The fourth-order valence-corrected chi connectivity index (χ4v) is 0.741. The molecule has 0 fully saturated rings. The molecule has 5 nitrogen and oxygen atoms in total. The van der Waals surface area contributed by atoms with Gasteiger partial charge in [0, 0.05) is 13.2 Å². The summed E-state index contributed by atoms with van der Waals surface area (Å²) in [6, 6.07) is 0. The number of hydrogen-bond donors (Lipinski definition) is 3. The molecule has 0 amide bonds. The summed E-state index contributed by atoms with van der Waals surface area (Å²) < 4.78 is 14.8. The minimum Gasteiger partial charge on any atom is -0.389 e. The van der Waals surface area contributed by atoms with E-state index in [1.165, 1.54) is 0 Å². The fourth-order valence-electron chi connectivity index (χ4n) is 0.292. The van der Waals surface area contributed by atoms with Gasteiger partial charge in [-0.2, -0.15) is 0 Å². The Morgan fingerprint density at radius 2 is 2.30 bits per heavy atom. The van der Waals surface area contributed by atoms with E-state index in [1.54, 1.807) is 0 Å². The van der Waals surface area contributed by atoms with Crippen molar-refractivity contribution in [2.24, 2.45) is 5.73 Å². The molecule has 0 rings (SSSR count). The Bertz CT molecular complexity index is 133. The first kappa shape index (κ1) is 10.1. The van der Waals surface area contributed by atoms with Crippen LogP contribution in [-0.2, 0) is 9.09 Å². The first-order chi connectivity index (χ1) is 4.45. The Morgan fingerprint density at radius 3 is 2.60 bits per heavy atom. The number of rotatable bonds is 4. The number of aliphatic hydroxyl groups is 1. The summed E-state index contributed by atoms with van der Waals surface area (Å²) in [7, 11) is -3.45. The predicted octanol–water partition coefficient (Wildman–Crippen LogP) is -0.862. The summed E-state index contributed by atoms with van der Waals surface area (Å²) in [6.45, 7) is 0.886. The van der Waals surface area contributed by atoms with Gasteiger partial charge < -0.3 is 20.3 Å². The molecule has 1 unspecified atom stereocenters. The molecule has 62 valence electrons. The van der Waals surface area contributed by atoms with Crippen LogP contribution in [0.3, 0.4) is 0 Å². The summed E-state index contributed by atoms with van der Waals surface area (Å²) in [5.41, 5.74) is 5.00. The van der Waals surface area contributed by atoms with Gasteiger partial charge in [-0.1, -0.05) is 0 Å². The largest absolute Gasteiger partial charge is 0.389 e. The fraction of sp³-hybridized carbons (Fsp3) is 1.00. The van der Waals surface area contributed by atoms with E-state index in [4.69, 9.17) is 15.7 Å². The minimum absolute atomic E-state index is 0.0278. The second-order valence-corrected chi connectivity index (χ2v) is 3.85. The van der Waals surface area contributed by atoms with Crippen molar-refractivity contribution in [1.29, 1.82) is 0 Å². The van der Waals surface area contributed by atoms with Crippen LogP contribution < -0.4 is 5.73 Å². The number of nitrogens with two attached hydrogens (primary N) is 1. The molecule has 0 aromatic carbocycles. The lowest BCUT2D eigenvalue weighted by molar-refractivity contribution is 0.107. The highest BCUT2D eigenvalue weighted by atomic mass is 31.2. The zero-order valence-electron chi connectivity index (χ0n) is 5.73. The van der Waals surface area contributed by atoms with Crippen molar-refractivity contribution >= 4 is 7.60 Å². The maximum atomic E-state index is 10.4. The van der Waals surface area contributed by atoms with E-state index >= 15 is 0 Å². The standard InChI is InChI=1S/C4H12NO4P/c1-10(7,8)9-3-4(6)2-5/h4,6H,2-3,5H2,1H3,(H,7,8)/t4-/m0/s1. The van der Waals surface area contributed by atoms with Gasteiger partial charge in [-0.05, 0) is 0 Å². The third-order valence-corrected chi connectivity index (χ3v) is 1.41. The third-order valence-electron chi connectivity index (χ3n) is 0.779. The molecular weight excluding hydrogens is 157 g/mol. The summed E-state index contributed by atoms with van der Waals surface area (Å²) in [5, 5.41) is 8.74. The molecule has 0 radical (unpaired) electrons.